The number of aryl methyl sites for hydroxylation is 1. The van der Waals surface area contributed by atoms with Gasteiger partial charge in [0.1, 0.15) is 5.76 Å². The molecule has 0 radical (unpaired) electrons. The Morgan fingerprint density at radius 3 is 2.65 bits per heavy atom. The first-order valence-electron chi connectivity index (χ1n) is 7.02. The molecule has 2 heterocycles. The van der Waals surface area contributed by atoms with Crippen LogP contribution in [0, 0.1) is 6.92 Å². The third-order valence-electron chi connectivity index (χ3n) is 3.12. The Balaban J connectivity index is 1.84. The largest absolute Gasteiger partial charge is 0.444 e. The molecule has 2 aromatic heterocycles. The van der Waals surface area contributed by atoms with Gasteiger partial charge in [-0.1, -0.05) is 20.8 Å². The zero-order chi connectivity index (χ0) is 14.8. The number of oxazole rings is 1. The van der Waals surface area contributed by atoms with E-state index in [0.29, 0.717) is 12.6 Å². The molecule has 1 N–H and O–H groups in total. The predicted molar refractivity (Wildman–Crippen MR) is 78.5 cm³/mol. The molecule has 0 aromatic carbocycles. The maximum atomic E-state index is 5.76. The average Bonchev–Trinajstić information content (AvgIpc) is 2.95. The summed E-state index contributed by atoms with van der Waals surface area (Å²) in [6.45, 7) is 12.0. The van der Waals surface area contributed by atoms with E-state index in [1.54, 1.807) is 0 Å². The van der Waals surface area contributed by atoms with Crippen LogP contribution in [0.1, 0.15) is 44.9 Å². The first-order chi connectivity index (χ1) is 9.34. The molecule has 0 aliphatic carbocycles. The van der Waals surface area contributed by atoms with Crippen molar-refractivity contribution in [3.63, 3.8) is 0 Å². The lowest BCUT2D eigenvalue weighted by atomic mass is 9.94. The van der Waals surface area contributed by atoms with E-state index in [0.717, 1.165) is 18.2 Å². The average molecular weight is 276 g/mol. The first kappa shape index (κ1) is 14.8. The van der Waals surface area contributed by atoms with Crippen molar-refractivity contribution < 1.29 is 4.42 Å². The van der Waals surface area contributed by atoms with Crippen molar-refractivity contribution in [3.05, 3.63) is 35.8 Å². The first-order valence-corrected chi connectivity index (χ1v) is 7.02. The summed E-state index contributed by atoms with van der Waals surface area (Å²) in [7, 11) is 0. The Morgan fingerprint density at radius 1 is 1.35 bits per heavy atom. The number of nitrogens with zero attached hydrogens (tertiary/aromatic N) is 3. The molecule has 0 bridgehead atoms. The molecule has 1 atom stereocenters. The summed E-state index contributed by atoms with van der Waals surface area (Å²) in [5.41, 5.74) is 1.18. The summed E-state index contributed by atoms with van der Waals surface area (Å²) >= 11 is 0. The van der Waals surface area contributed by atoms with Crippen molar-refractivity contribution in [2.45, 2.75) is 59.2 Å². The van der Waals surface area contributed by atoms with Gasteiger partial charge in [-0.15, -0.1) is 0 Å². The minimum atomic E-state index is 0.00343. The summed E-state index contributed by atoms with van der Waals surface area (Å²) in [6.07, 6.45) is 5.73. The molecular formula is C15H24N4O. The number of rotatable bonds is 5. The number of hydrogen-bond donors (Lipinski definition) is 1. The number of hydrogen-bond acceptors (Lipinski definition) is 4. The molecule has 5 heteroatoms. The van der Waals surface area contributed by atoms with Crippen LogP contribution in [0.3, 0.4) is 0 Å². The van der Waals surface area contributed by atoms with Crippen molar-refractivity contribution in [1.29, 1.82) is 0 Å². The molecular weight excluding hydrogens is 252 g/mol. The standard InChI is InChI=1S/C15H24N4O/c1-11-6-18-19(9-11)10-12(2)16-8-14-17-7-13(20-14)15(3,4)5/h6-7,9,12,16H,8,10H2,1-5H3. The fraction of sp³-hybridized carbons (Fsp3) is 0.600. The maximum Gasteiger partial charge on any atom is 0.208 e. The fourth-order valence-corrected chi connectivity index (χ4v) is 1.91. The zero-order valence-corrected chi connectivity index (χ0v) is 13.0. The normalized spacial score (nSPS) is 13.7. The van der Waals surface area contributed by atoms with Gasteiger partial charge in [-0.3, -0.25) is 4.68 Å². The van der Waals surface area contributed by atoms with Gasteiger partial charge in [-0.05, 0) is 19.4 Å². The van der Waals surface area contributed by atoms with Crippen LogP contribution in [0.25, 0.3) is 0 Å². The molecule has 1 unspecified atom stereocenters. The second kappa shape index (κ2) is 5.79. The van der Waals surface area contributed by atoms with Crippen molar-refractivity contribution >= 4 is 0 Å². The number of nitrogens with one attached hydrogen (secondary N) is 1. The van der Waals surface area contributed by atoms with E-state index in [2.05, 4.69) is 43.1 Å². The van der Waals surface area contributed by atoms with Gasteiger partial charge in [0.05, 0.1) is 25.5 Å². The lowest BCUT2D eigenvalue weighted by Gasteiger charge is -2.14. The van der Waals surface area contributed by atoms with E-state index >= 15 is 0 Å². The van der Waals surface area contributed by atoms with E-state index in [9.17, 15) is 0 Å². The van der Waals surface area contributed by atoms with Gasteiger partial charge in [-0.25, -0.2) is 4.98 Å². The van der Waals surface area contributed by atoms with E-state index < -0.39 is 0 Å². The van der Waals surface area contributed by atoms with Gasteiger partial charge in [-0.2, -0.15) is 5.10 Å². The molecule has 5 nitrogen and oxygen atoms in total. The quantitative estimate of drug-likeness (QED) is 0.912. The molecule has 0 aliphatic rings. The maximum absolute atomic E-state index is 5.76. The van der Waals surface area contributed by atoms with Crippen LogP contribution in [-0.4, -0.2) is 20.8 Å². The molecule has 0 amide bonds. The van der Waals surface area contributed by atoms with E-state index in [4.69, 9.17) is 4.42 Å². The number of aromatic nitrogens is 3. The van der Waals surface area contributed by atoms with Gasteiger partial charge in [0.15, 0.2) is 0 Å². The van der Waals surface area contributed by atoms with E-state index in [1.807, 2.05) is 30.2 Å². The second-order valence-corrected chi connectivity index (χ2v) is 6.39. The van der Waals surface area contributed by atoms with Crippen LogP contribution in [0.4, 0.5) is 0 Å². The van der Waals surface area contributed by atoms with Crippen molar-refractivity contribution in [1.82, 2.24) is 20.1 Å². The predicted octanol–water partition coefficient (Wildman–Crippen LogP) is 2.66. The molecule has 20 heavy (non-hydrogen) atoms. The Labute approximate surface area is 120 Å². The van der Waals surface area contributed by atoms with Gasteiger partial charge >= 0.3 is 0 Å². The lowest BCUT2D eigenvalue weighted by Crippen LogP contribution is -2.30. The SMILES string of the molecule is Cc1cnn(CC(C)NCc2ncc(C(C)(C)C)o2)c1. The van der Waals surface area contributed by atoms with Crippen molar-refractivity contribution in [2.24, 2.45) is 0 Å². The summed E-state index contributed by atoms with van der Waals surface area (Å²) in [6, 6.07) is 0.305. The minimum Gasteiger partial charge on any atom is -0.444 e. The van der Waals surface area contributed by atoms with Crippen LogP contribution in [0.5, 0.6) is 0 Å². The summed E-state index contributed by atoms with van der Waals surface area (Å²) < 4.78 is 7.70. The van der Waals surface area contributed by atoms with Crippen LogP contribution in [-0.2, 0) is 18.5 Å². The van der Waals surface area contributed by atoms with Gasteiger partial charge in [0.2, 0.25) is 5.89 Å². The zero-order valence-electron chi connectivity index (χ0n) is 13.0. The van der Waals surface area contributed by atoms with Crippen LogP contribution < -0.4 is 5.32 Å². The van der Waals surface area contributed by atoms with E-state index in [1.165, 1.54) is 5.56 Å². The smallest absolute Gasteiger partial charge is 0.208 e. The molecule has 110 valence electrons. The monoisotopic (exact) mass is 276 g/mol. The Morgan fingerprint density at radius 2 is 2.10 bits per heavy atom. The van der Waals surface area contributed by atoms with Crippen LogP contribution >= 0.6 is 0 Å². The highest BCUT2D eigenvalue weighted by atomic mass is 16.4. The molecule has 0 fully saturated rings. The third-order valence-corrected chi connectivity index (χ3v) is 3.12. The minimum absolute atomic E-state index is 0.00343. The summed E-state index contributed by atoms with van der Waals surface area (Å²) in [5, 5.41) is 7.69. The third kappa shape index (κ3) is 3.93. The highest BCUT2D eigenvalue weighted by molar-refractivity contribution is 5.06. The summed E-state index contributed by atoms with van der Waals surface area (Å²) in [5.74, 6) is 1.66. The van der Waals surface area contributed by atoms with Crippen LogP contribution in [0.15, 0.2) is 23.0 Å². The molecule has 0 saturated carbocycles. The van der Waals surface area contributed by atoms with E-state index in [-0.39, 0.29) is 5.41 Å². The Bertz CT molecular complexity index is 550. The molecule has 2 rings (SSSR count). The second-order valence-electron chi connectivity index (χ2n) is 6.39. The summed E-state index contributed by atoms with van der Waals surface area (Å²) in [4.78, 5) is 4.31. The van der Waals surface area contributed by atoms with Crippen LogP contribution in [0.2, 0.25) is 0 Å². The Hall–Kier alpha value is -1.62. The van der Waals surface area contributed by atoms with Gasteiger partial charge in [0.25, 0.3) is 0 Å². The highest BCUT2D eigenvalue weighted by Crippen LogP contribution is 2.22. The molecule has 0 saturated heterocycles. The lowest BCUT2D eigenvalue weighted by molar-refractivity contribution is 0.359. The van der Waals surface area contributed by atoms with Gasteiger partial charge in [0, 0.05) is 17.7 Å². The fourth-order valence-electron chi connectivity index (χ4n) is 1.91. The van der Waals surface area contributed by atoms with Gasteiger partial charge < -0.3 is 9.73 Å². The Kier molecular flexibility index (Phi) is 4.28. The van der Waals surface area contributed by atoms with Crippen molar-refractivity contribution in [3.8, 4) is 0 Å². The van der Waals surface area contributed by atoms with Crippen molar-refractivity contribution in [2.75, 3.05) is 0 Å². The molecule has 2 aromatic rings. The topological polar surface area (TPSA) is 55.9 Å². The molecule has 0 aliphatic heterocycles. The highest BCUT2D eigenvalue weighted by Gasteiger charge is 2.19. The molecule has 0 spiro atoms.